The van der Waals surface area contributed by atoms with Crippen LogP contribution in [0.5, 0.6) is 0 Å². The molecule has 0 amide bonds. The molecule has 3 nitrogen and oxygen atoms in total. The van der Waals surface area contributed by atoms with Gasteiger partial charge in [0, 0.05) is 11.4 Å². The Morgan fingerprint density at radius 3 is 2.42 bits per heavy atom. The molecule has 1 heterocycles. The average molecular weight is 300 g/mol. The third-order valence-electron chi connectivity index (χ3n) is 2.34. The average Bonchev–Trinajstić information content (AvgIpc) is 2.72. The second-order valence-electron chi connectivity index (χ2n) is 4.33. The highest BCUT2D eigenvalue weighted by atomic mass is 32.1. The number of thiazole rings is 1. The van der Waals surface area contributed by atoms with Crippen LogP contribution in [-0.4, -0.2) is 23.9 Å². The number of hydrogen-bond acceptors (Lipinski definition) is 4. The van der Waals surface area contributed by atoms with Crippen LogP contribution >= 0.6 is 11.3 Å². The van der Waals surface area contributed by atoms with Crippen LogP contribution in [0.4, 0.5) is 17.6 Å². The molecule has 1 rings (SSSR count). The number of nitrogens with two attached hydrogens (primary N) is 1. The minimum absolute atomic E-state index is 0.158. The van der Waals surface area contributed by atoms with Gasteiger partial charge in [-0.15, -0.1) is 11.3 Å². The maximum absolute atomic E-state index is 12.6. The van der Waals surface area contributed by atoms with Gasteiger partial charge in [-0.25, -0.2) is 13.8 Å². The molecule has 0 aliphatic carbocycles. The number of halogens is 4. The Kier molecular flexibility index (Phi) is 5.69. The molecule has 0 fully saturated rings. The van der Waals surface area contributed by atoms with Crippen molar-refractivity contribution in [3.63, 3.8) is 0 Å². The summed E-state index contributed by atoms with van der Waals surface area (Å²) >= 11 is 1.25. The molecule has 0 saturated heterocycles. The zero-order chi connectivity index (χ0) is 14.6. The third kappa shape index (κ3) is 4.39. The van der Waals surface area contributed by atoms with Gasteiger partial charge in [-0.1, -0.05) is 13.8 Å². The molecule has 0 atom stereocenters. The highest BCUT2D eigenvalue weighted by Gasteiger charge is 2.41. The number of rotatable bonds is 7. The van der Waals surface area contributed by atoms with Crippen molar-refractivity contribution in [2.75, 3.05) is 6.61 Å². The van der Waals surface area contributed by atoms with Crippen molar-refractivity contribution >= 4 is 11.3 Å². The number of alkyl halides is 4. The Hall–Kier alpha value is -0.730. The van der Waals surface area contributed by atoms with Gasteiger partial charge in [0.15, 0.2) is 0 Å². The lowest BCUT2D eigenvalue weighted by atomic mass is 10.1. The van der Waals surface area contributed by atoms with Crippen molar-refractivity contribution in [2.45, 2.75) is 45.3 Å². The third-order valence-corrected chi connectivity index (χ3v) is 3.41. The van der Waals surface area contributed by atoms with Gasteiger partial charge in [0.1, 0.15) is 11.6 Å². The molecule has 0 bridgehead atoms. The number of hydrogen-bond donors (Lipinski definition) is 1. The molecule has 0 aliphatic heterocycles. The van der Waals surface area contributed by atoms with Crippen LogP contribution in [0.1, 0.15) is 35.3 Å². The highest BCUT2D eigenvalue weighted by Crippen LogP contribution is 2.27. The molecule has 2 N–H and O–H groups in total. The summed E-state index contributed by atoms with van der Waals surface area (Å²) in [5.74, 6) is -3.97. The fourth-order valence-corrected chi connectivity index (χ4v) is 2.45. The molecule has 1 aromatic heterocycles. The van der Waals surface area contributed by atoms with Crippen LogP contribution in [0.25, 0.3) is 0 Å². The van der Waals surface area contributed by atoms with Crippen molar-refractivity contribution in [2.24, 2.45) is 5.73 Å². The van der Waals surface area contributed by atoms with Crippen LogP contribution in [-0.2, 0) is 17.9 Å². The van der Waals surface area contributed by atoms with E-state index in [9.17, 15) is 17.6 Å². The van der Waals surface area contributed by atoms with Gasteiger partial charge in [0.25, 0.3) is 0 Å². The minimum Gasteiger partial charge on any atom is -0.368 e. The summed E-state index contributed by atoms with van der Waals surface area (Å²) in [7, 11) is 0. The normalized spacial score (nSPS) is 12.7. The van der Waals surface area contributed by atoms with Crippen LogP contribution in [0.2, 0.25) is 0 Å². The number of nitrogens with zero attached hydrogens (tertiary/aromatic N) is 1. The summed E-state index contributed by atoms with van der Waals surface area (Å²) in [5, 5.41) is 0.467. The second-order valence-corrected chi connectivity index (χ2v) is 5.50. The molecule has 0 spiro atoms. The molecule has 0 unspecified atom stereocenters. The Balaban J connectivity index is 2.59. The Labute approximate surface area is 112 Å². The topological polar surface area (TPSA) is 48.1 Å². The monoisotopic (exact) mass is 300 g/mol. The van der Waals surface area contributed by atoms with E-state index in [4.69, 9.17) is 5.73 Å². The van der Waals surface area contributed by atoms with E-state index in [-0.39, 0.29) is 12.5 Å². The van der Waals surface area contributed by atoms with E-state index in [0.717, 1.165) is 10.6 Å². The summed E-state index contributed by atoms with van der Waals surface area (Å²) < 4.78 is 53.7. The van der Waals surface area contributed by atoms with Crippen LogP contribution in [0.3, 0.4) is 0 Å². The highest BCUT2D eigenvalue weighted by molar-refractivity contribution is 7.11. The van der Waals surface area contributed by atoms with E-state index < -0.39 is 19.0 Å². The maximum atomic E-state index is 12.6. The Morgan fingerprint density at radius 2 is 2.00 bits per heavy atom. The molecular formula is C11H16F4N2OS. The predicted molar refractivity (Wildman–Crippen MR) is 64.7 cm³/mol. The Morgan fingerprint density at radius 1 is 1.37 bits per heavy atom. The molecule has 110 valence electrons. The van der Waals surface area contributed by atoms with Gasteiger partial charge in [-0.2, -0.15) is 8.78 Å². The first-order valence-corrected chi connectivity index (χ1v) is 6.51. The number of ether oxygens (including phenoxy) is 1. The standard InChI is InChI=1S/C11H16F4N2OS/c1-6(2)9-7(3-16)19-8(17-9)4-18-5-11(14,15)10(12)13/h6,10H,3-5,16H2,1-2H3. The van der Waals surface area contributed by atoms with Gasteiger partial charge >= 0.3 is 12.3 Å². The van der Waals surface area contributed by atoms with Crippen molar-refractivity contribution in [3.05, 3.63) is 15.6 Å². The van der Waals surface area contributed by atoms with Crippen molar-refractivity contribution < 1.29 is 22.3 Å². The van der Waals surface area contributed by atoms with E-state index in [1.54, 1.807) is 0 Å². The summed E-state index contributed by atoms with van der Waals surface area (Å²) in [5.41, 5.74) is 6.35. The maximum Gasteiger partial charge on any atom is 0.330 e. The number of aromatic nitrogens is 1. The smallest absolute Gasteiger partial charge is 0.330 e. The van der Waals surface area contributed by atoms with E-state index in [1.807, 2.05) is 13.8 Å². The van der Waals surface area contributed by atoms with Gasteiger partial charge < -0.3 is 10.5 Å². The SMILES string of the molecule is CC(C)c1nc(COCC(F)(F)C(F)F)sc1CN. The first-order chi connectivity index (χ1) is 8.77. The minimum atomic E-state index is -4.13. The van der Waals surface area contributed by atoms with Crippen LogP contribution < -0.4 is 5.73 Å². The lowest BCUT2D eigenvalue weighted by Crippen LogP contribution is -2.32. The molecule has 1 aromatic rings. The van der Waals surface area contributed by atoms with Crippen molar-refractivity contribution in [1.82, 2.24) is 4.98 Å². The van der Waals surface area contributed by atoms with E-state index in [0.29, 0.717) is 11.6 Å². The Bertz CT molecular complexity index is 409. The van der Waals surface area contributed by atoms with Gasteiger partial charge in [-0.3, -0.25) is 0 Å². The first kappa shape index (κ1) is 16.3. The van der Waals surface area contributed by atoms with Crippen LogP contribution in [0.15, 0.2) is 0 Å². The molecule has 0 radical (unpaired) electrons. The summed E-state index contributed by atoms with van der Waals surface area (Å²) in [6, 6.07) is 0. The van der Waals surface area contributed by atoms with E-state index in [1.165, 1.54) is 11.3 Å². The van der Waals surface area contributed by atoms with Gasteiger partial charge in [0.05, 0.1) is 12.3 Å². The zero-order valence-corrected chi connectivity index (χ0v) is 11.4. The summed E-state index contributed by atoms with van der Waals surface area (Å²) in [6.07, 6.45) is -3.73. The van der Waals surface area contributed by atoms with Gasteiger partial charge in [0.2, 0.25) is 0 Å². The summed E-state index contributed by atoms with van der Waals surface area (Å²) in [6.45, 7) is 2.64. The molecule has 19 heavy (non-hydrogen) atoms. The van der Waals surface area contributed by atoms with Crippen molar-refractivity contribution in [1.29, 1.82) is 0 Å². The molecule has 8 heteroatoms. The van der Waals surface area contributed by atoms with Crippen LogP contribution in [0, 0.1) is 0 Å². The quantitative estimate of drug-likeness (QED) is 0.787. The molecule has 0 aliphatic rings. The van der Waals surface area contributed by atoms with Crippen molar-refractivity contribution in [3.8, 4) is 0 Å². The second kappa shape index (κ2) is 6.62. The lowest BCUT2D eigenvalue weighted by molar-refractivity contribution is -0.168. The predicted octanol–water partition coefficient (Wildman–Crippen LogP) is 3.14. The fraction of sp³-hybridized carbons (Fsp3) is 0.727. The van der Waals surface area contributed by atoms with E-state index >= 15 is 0 Å². The first-order valence-electron chi connectivity index (χ1n) is 5.70. The molecular weight excluding hydrogens is 284 g/mol. The van der Waals surface area contributed by atoms with E-state index in [2.05, 4.69) is 9.72 Å². The molecule has 0 saturated carbocycles. The lowest BCUT2D eigenvalue weighted by Gasteiger charge is -2.14. The molecule has 0 aromatic carbocycles. The summed E-state index contributed by atoms with van der Waals surface area (Å²) in [4.78, 5) is 5.08. The van der Waals surface area contributed by atoms with Gasteiger partial charge in [-0.05, 0) is 5.92 Å². The zero-order valence-electron chi connectivity index (χ0n) is 10.6. The largest absolute Gasteiger partial charge is 0.368 e. The fourth-order valence-electron chi connectivity index (χ4n) is 1.41.